The molecule has 1 aliphatic rings. The number of nitrogens with one attached hydrogen (secondary N) is 1. The topological polar surface area (TPSA) is 65.5 Å². The number of rotatable bonds is 2. The SMILES string of the molecule is O=C(O)N1CCc2cnc(Nc3ccc(F)cc3)cc2C1. The van der Waals surface area contributed by atoms with Crippen molar-refractivity contribution in [1.82, 2.24) is 9.88 Å². The van der Waals surface area contributed by atoms with Gasteiger partial charge in [-0.1, -0.05) is 0 Å². The van der Waals surface area contributed by atoms with Gasteiger partial charge in [0.1, 0.15) is 11.6 Å². The molecule has 21 heavy (non-hydrogen) atoms. The molecule has 0 bridgehead atoms. The van der Waals surface area contributed by atoms with E-state index in [-0.39, 0.29) is 5.82 Å². The number of halogens is 1. The quantitative estimate of drug-likeness (QED) is 0.891. The summed E-state index contributed by atoms with van der Waals surface area (Å²) in [5.41, 5.74) is 2.75. The third-order valence-electron chi connectivity index (χ3n) is 3.48. The van der Waals surface area contributed by atoms with Crippen LogP contribution in [0.3, 0.4) is 0 Å². The van der Waals surface area contributed by atoms with E-state index in [2.05, 4.69) is 10.3 Å². The standard InChI is InChI=1S/C15H14FN3O2/c16-12-1-3-13(4-2-12)18-14-7-11-9-19(15(20)21)6-5-10(11)8-17-14/h1-4,7-8H,5-6,9H2,(H,17,18)(H,20,21). The molecular formula is C15H14FN3O2. The number of carbonyl (C=O) groups is 1. The van der Waals surface area contributed by atoms with Crippen LogP contribution in [-0.2, 0) is 13.0 Å². The van der Waals surface area contributed by atoms with E-state index in [1.165, 1.54) is 17.0 Å². The van der Waals surface area contributed by atoms with Gasteiger partial charge in [0.15, 0.2) is 0 Å². The highest BCUT2D eigenvalue weighted by Gasteiger charge is 2.20. The van der Waals surface area contributed by atoms with E-state index in [4.69, 9.17) is 5.11 Å². The highest BCUT2D eigenvalue weighted by atomic mass is 19.1. The van der Waals surface area contributed by atoms with E-state index in [0.717, 1.165) is 16.8 Å². The summed E-state index contributed by atoms with van der Waals surface area (Å²) in [5.74, 6) is 0.323. The molecule has 0 radical (unpaired) electrons. The molecule has 108 valence electrons. The maximum absolute atomic E-state index is 12.9. The molecular weight excluding hydrogens is 273 g/mol. The van der Waals surface area contributed by atoms with Crippen LogP contribution in [0.5, 0.6) is 0 Å². The van der Waals surface area contributed by atoms with Gasteiger partial charge in [0.25, 0.3) is 0 Å². The fourth-order valence-corrected chi connectivity index (χ4v) is 2.35. The number of aromatic nitrogens is 1. The smallest absolute Gasteiger partial charge is 0.407 e. The maximum Gasteiger partial charge on any atom is 0.407 e. The Labute approximate surface area is 121 Å². The Bertz CT molecular complexity index is 673. The fraction of sp³-hybridized carbons (Fsp3) is 0.200. The first-order chi connectivity index (χ1) is 10.1. The minimum atomic E-state index is -0.912. The van der Waals surface area contributed by atoms with Gasteiger partial charge in [0.05, 0.1) is 0 Å². The van der Waals surface area contributed by atoms with Gasteiger partial charge in [-0.05, 0) is 47.9 Å². The molecule has 1 aromatic carbocycles. The number of hydrogen-bond donors (Lipinski definition) is 2. The zero-order valence-corrected chi connectivity index (χ0v) is 11.2. The highest BCUT2D eigenvalue weighted by Crippen LogP contribution is 2.23. The molecule has 0 saturated carbocycles. The van der Waals surface area contributed by atoms with Gasteiger partial charge in [-0.25, -0.2) is 14.2 Å². The monoisotopic (exact) mass is 287 g/mol. The third kappa shape index (κ3) is 2.94. The molecule has 0 spiro atoms. The zero-order valence-electron chi connectivity index (χ0n) is 11.2. The Morgan fingerprint density at radius 1 is 1.29 bits per heavy atom. The third-order valence-corrected chi connectivity index (χ3v) is 3.48. The van der Waals surface area contributed by atoms with Gasteiger partial charge in [0, 0.05) is 25.0 Å². The predicted octanol–water partition coefficient (Wildman–Crippen LogP) is 3.00. The van der Waals surface area contributed by atoms with Crippen LogP contribution in [0.4, 0.5) is 20.7 Å². The number of anilines is 2. The highest BCUT2D eigenvalue weighted by molar-refractivity contribution is 5.66. The van der Waals surface area contributed by atoms with Gasteiger partial charge in [-0.15, -0.1) is 0 Å². The average Bonchev–Trinajstić information content (AvgIpc) is 2.49. The first kappa shape index (κ1) is 13.4. The molecule has 0 unspecified atom stereocenters. The number of benzene rings is 1. The van der Waals surface area contributed by atoms with Crippen LogP contribution in [0.2, 0.25) is 0 Å². The summed E-state index contributed by atoms with van der Waals surface area (Å²) in [6, 6.07) is 7.83. The van der Waals surface area contributed by atoms with Crippen molar-refractivity contribution in [2.45, 2.75) is 13.0 Å². The first-order valence-corrected chi connectivity index (χ1v) is 6.60. The van der Waals surface area contributed by atoms with Crippen molar-refractivity contribution in [3.63, 3.8) is 0 Å². The van der Waals surface area contributed by atoms with Gasteiger partial charge in [-0.3, -0.25) is 0 Å². The van der Waals surface area contributed by atoms with Crippen LogP contribution in [0.1, 0.15) is 11.1 Å². The largest absolute Gasteiger partial charge is 0.465 e. The molecule has 0 atom stereocenters. The molecule has 3 rings (SSSR count). The first-order valence-electron chi connectivity index (χ1n) is 6.60. The summed E-state index contributed by atoms with van der Waals surface area (Å²) in [6.07, 6.45) is 1.52. The van der Waals surface area contributed by atoms with Crippen LogP contribution < -0.4 is 5.32 Å². The number of amides is 1. The second-order valence-electron chi connectivity index (χ2n) is 4.92. The minimum Gasteiger partial charge on any atom is -0.465 e. The van der Waals surface area contributed by atoms with Crippen LogP contribution >= 0.6 is 0 Å². The molecule has 5 nitrogen and oxygen atoms in total. The molecule has 0 fully saturated rings. The maximum atomic E-state index is 12.9. The van der Waals surface area contributed by atoms with E-state index in [9.17, 15) is 9.18 Å². The van der Waals surface area contributed by atoms with Gasteiger partial charge in [-0.2, -0.15) is 0 Å². The molecule has 2 N–H and O–H groups in total. The number of pyridine rings is 1. The fourth-order valence-electron chi connectivity index (χ4n) is 2.35. The van der Waals surface area contributed by atoms with Gasteiger partial charge in [0.2, 0.25) is 0 Å². The number of fused-ring (bicyclic) bond motifs is 1. The summed E-state index contributed by atoms with van der Waals surface area (Å²) < 4.78 is 12.9. The minimum absolute atomic E-state index is 0.295. The van der Waals surface area contributed by atoms with Crippen molar-refractivity contribution in [2.24, 2.45) is 0 Å². The molecule has 1 aliphatic heterocycles. The van der Waals surface area contributed by atoms with Crippen molar-refractivity contribution in [1.29, 1.82) is 0 Å². The van der Waals surface area contributed by atoms with E-state index >= 15 is 0 Å². The molecule has 2 heterocycles. The predicted molar refractivity (Wildman–Crippen MR) is 76.1 cm³/mol. The molecule has 6 heteroatoms. The second kappa shape index (κ2) is 5.40. The summed E-state index contributed by atoms with van der Waals surface area (Å²) in [7, 11) is 0. The van der Waals surface area contributed by atoms with E-state index in [1.807, 2.05) is 6.07 Å². The normalized spacial score (nSPS) is 13.7. The van der Waals surface area contributed by atoms with Crippen molar-refractivity contribution in [3.8, 4) is 0 Å². The Morgan fingerprint density at radius 2 is 2.05 bits per heavy atom. The average molecular weight is 287 g/mol. The molecule has 0 aliphatic carbocycles. The van der Waals surface area contributed by atoms with Crippen molar-refractivity contribution >= 4 is 17.6 Å². The van der Waals surface area contributed by atoms with Crippen LogP contribution in [0.25, 0.3) is 0 Å². The Morgan fingerprint density at radius 3 is 2.76 bits per heavy atom. The number of nitrogens with zero attached hydrogens (tertiary/aromatic N) is 2. The van der Waals surface area contributed by atoms with Crippen molar-refractivity contribution < 1.29 is 14.3 Å². The molecule has 1 amide bonds. The van der Waals surface area contributed by atoms with Crippen LogP contribution in [0.15, 0.2) is 36.5 Å². The van der Waals surface area contributed by atoms with Crippen molar-refractivity contribution in [3.05, 3.63) is 53.5 Å². The van der Waals surface area contributed by atoms with Crippen molar-refractivity contribution in [2.75, 3.05) is 11.9 Å². The second-order valence-corrected chi connectivity index (χ2v) is 4.92. The summed E-state index contributed by atoms with van der Waals surface area (Å²) in [6.45, 7) is 0.861. The molecule has 2 aromatic rings. The Balaban J connectivity index is 1.80. The summed E-state index contributed by atoms with van der Waals surface area (Å²) in [5, 5.41) is 12.1. The Hall–Kier alpha value is -2.63. The van der Waals surface area contributed by atoms with E-state index in [0.29, 0.717) is 25.3 Å². The zero-order chi connectivity index (χ0) is 14.8. The lowest BCUT2D eigenvalue weighted by molar-refractivity contribution is 0.140. The number of carboxylic acid groups (broad SMARTS) is 1. The van der Waals surface area contributed by atoms with Gasteiger partial charge >= 0.3 is 6.09 Å². The lowest BCUT2D eigenvalue weighted by atomic mass is 10.0. The summed E-state index contributed by atoms with van der Waals surface area (Å²) >= 11 is 0. The van der Waals surface area contributed by atoms with E-state index < -0.39 is 6.09 Å². The molecule has 1 aromatic heterocycles. The van der Waals surface area contributed by atoms with Crippen LogP contribution in [-0.4, -0.2) is 27.6 Å². The summed E-state index contributed by atoms with van der Waals surface area (Å²) in [4.78, 5) is 16.7. The lowest BCUT2D eigenvalue weighted by Crippen LogP contribution is -2.34. The Kier molecular flexibility index (Phi) is 3.43. The molecule has 0 saturated heterocycles. The number of hydrogen-bond acceptors (Lipinski definition) is 3. The van der Waals surface area contributed by atoms with Crippen LogP contribution in [0, 0.1) is 5.82 Å². The lowest BCUT2D eigenvalue weighted by Gasteiger charge is -2.26. The van der Waals surface area contributed by atoms with Gasteiger partial charge < -0.3 is 15.3 Å². The van der Waals surface area contributed by atoms with E-state index in [1.54, 1.807) is 18.3 Å².